The summed E-state index contributed by atoms with van der Waals surface area (Å²) in [6.45, 7) is 0. The summed E-state index contributed by atoms with van der Waals surface area (Å²) in [5, 5.41) is 50.7. The van der Waals surface area contributed by atoms with E-state index in [0.29, 0.717) is 16.4 Å². The number of hydrogen-bond acceptors (Lipinski definition) is 8. The lowest BCUT2D eigenvalue weighted by atomic mass is 9.85. The topological polar surface area (TPSA) is 140 Å². The second-order valence-electron chi connectivity index (χ2n) is 6.32. The summed E-state index contributed by atoms with van der Waals surface area (Å²) in [6, 6.07) is 7.63. The first kappa shape index (κ1) is 19.3. The van der Waals surface area contributed by atoms with Gasteiger partial charge in [-0.25, -0.2) is 5.06 Å². The van der Waals surface area contributed by atoms with Crippen molar-refractivity contribution < 1.29 is 39.9 Å². The summed E-state index contributed by atoms with van der Waals surface area (Å²) in [4.78, 5) is 12.1. The first-order valence-electron chi connectivity index (χ1n) is 8.17. The molecule has 0 saturated carbocycles. The average molecular weight is 389 g/mol. The van der Waals surface area contributed by atoms with Crippen molar-refractivity contribution in [2.75, 3.05) is 14.2 Å². The van der Waals surface area contributed by atoms with E-state index in [9.17, 15) is 30.4 Å². The van der Waals surface area contributed by atoms with Gasteiger partial charge in [-0.05, 0) is 30.3 Å². The van der Waals surface area contributed by atoms with E-state index in [2.05, 4.69) is 0 Å². The van der Waals surface area contributed by atoms with Crippen molar-refractivity contribution in [1.82, 2.24) is 5.06 Å². The number of hydrogen-bond donors (Lipinski definition) is 5. The Bertz CT molecular complexity index is 951. The monoisotopic (exact) mass is 389 g/mol. The molecule has 0 radical (unpaired) electrons. The van der Waals surface area contributed by atoms with E-state index in [0.717, 1.165) is 13.1 Å². The number of phenolic OH excluding ortho intramolecular Hbond substituents is 3. The van der Waals surface area contributed by atoms with Crippen LogP contribution in [0.3, 0.4) is 0 Å². The van der Waals surface area contributed by atoms with E-state index in [-0.39, 0.29) is 17.1 Å². The third-order valence-electron chi connectivity index (χ3n) is 4.40. The summed E-state index contributed by atoms with van der Waals surface area (Å²) >= 11 is 0. The number of methoxy groups -OCH3 is 1. The maximum Gasteiger partial charge on any atom is 0.249 e. The molecule has 1 heterocycles. The van der Waals surface area contributed by atoms with Crippen LogP contribution in [-0.2, 0) is 10.4 Å². The van der Waals surface area contributed by atoms with Crippen LogP contribution in [0.2, 0.25) is 0 Å². The summed E-state index contributed by atoms with van der Waals surface area (Å²) < 4.78 is 10.8. The Morgan fingerprint density at radius 2 is 1.82 bits per heavy atom. The number of carbonyl (C=O) groups is 1. The van der Waals surface area contributed by atoms with E-state index in [4.69, 9.17) is 9.47 Å². The third-order valence-corrected chi connectivity index (χ3v) is 4.40. The number of carbonyl (C=O) groups excluding carboxylic acids is 1. The number of ether oxygens (including phenoxy) is 2. The van der Waals surface area contributed by atoms with Crippen molar-refractivity contribution in [3.05, 3.63) is 47.5 Å². The second-order valence-corrected chi connectivity index (χ2v) is 6.32. The fraction of sp³-hybridized carbons (Fsp3) is 0.211. The Kier molecular flexibility index (Phi) is 4.80. The van der Waals surface area contributed by atoms with E-state index in [1.807, 2.05) is 0 Å². The number of aliphatic hydroxyl groups is 1. The normalized spacial score (nSPS) is 17.9. The van der Waals surface area contributed by atoms with Crippen LogP contribution in [0, 0.1) is 0 Å². The lowest BCUT2D eigenvalue weighted by Crippen LogP contribution is -2.35. The number of fused-ring (bicyclic) bond motifs is 1. The molecular weight excluding hydrogens is 370 g/mol. The molecular formula is C19H19NO8. The first-order chi connectivity index (χ1) is 13.2. The van der Waals surface area contributed by atoms with Crippen LogP contribution in [0.25, 0.3) is 5.76 Å². The molecule has 1 atom stereocenters. The molecule has 1 amide bonds. The number of amides is 1. The smallest absolute Gasteiger partial charge is 0.249 e. The lowest BCUT2D eigenvalue weighted by Gasteiger charge is -2.33. The molecule has 9 nitrogen and oxygen atoms in total. The molecule has 1 unspecified atom stereocenters. The Balaban J connectivity index is 2.16. The van der Waals surface area contributed by atoms with Gasteiger partial charge in [0.15, 0.2) is 11.5 Å². The highest BCUT2D eigenvalue weighted by molar-refractivity contribution is 5.80. The SMILES string of the molecule is COc1ccc(C2=CC(O)(CC(=O)N(C)O)c3c(cc(O)c(O)c3O)O2)cc1. The van der Waals surface area contributed by atoms with Crippen LogP contribution >= 0.6 is 0 Å². The van der Waals surface area contributed by atoms with Crippen molar-refractivity contribution in [2.24, 2.45) is 0 Å². The second kappa shape index (κ2) is 6.95. The van der Waals surface area contributed by atoms with Gasteiger partial charge >= 0.3 is 0 Å². The minimum absolute atomic E-state index is 0.135. The van der Waals surface area contributed by atoms with Gasteiger partial charge in [-0.1, -0.05) is 0 Å². The molecule has 3 rings (SSSR count). The van der Waals surface area contributed by atoms with E-state index < -0.39 is 35.2 Å². The third kappa shape index (κ3) is 3.28. The zero-order valence-corrected chi connectivity index (χ0v) is 15.1. The standard InChI is InChI=1S/C19H19NO8/c1-20(26)15(22)9-19(25)8-14(10-3-5-11(27-2)6-4-10)28-13-7-12(21)17(23)18(24)16(13)19/h3-8,21,23-26H,9H2,1-2H3. The Hall–Kier alpha value is -3.43. The van der Waals surface area contributed by atoms with Gasteiger partial charge in [0.05, 0.1) is 19.1 Å². The van der Waals surface area contributed by atoms with Crippen molar-refractivity contribution in [3.63, 3.8) is 0 Å². The van der Waals surface area contributed by atoms with Gasteiger partial charge in [0.1, 0.15) is 22.9 Å². The summed E-state index contributed by atoms with van der Waals surface area (Å²) in [6.07, 6.45) is 0.530. The number of rotatable bonds is 4. The average Bonchev–Trinajstić information content (AvgIpc) is 2.65. The van der Waals surface area contributed by atoms with Gasteiger partial charge in [0.2, 0.25) is 11.7 Å². The molecule has 148 valence electrons. The molecule has 1 aliphatic rings. The highest BCUT2D eigenvalue weighted by atomic mass is 16.5. The number of hydroxylamine groups is 2. The highest BCUT2D eigenvalue weighted by Crippen LogP contribution is 2.52. The van der Waals surface area contributed by atoms with Crippen LogP contribution < -0.4 is 9.47 Å². The fourth-order valence-electron chi connectivity index (χ4n) is 2.94. The van der Waals surface area contributed by atoms with Crippen LogP contribution in [0.15, 0.2) is 36.4 Å². The molecule has 5 N–H and O–H groups in total. The highest BCUT2D eigenvalue weighted by Gasteiger charge is 2.42. The summed E-state index contributed by atoms with van der Waals surface area (Å²) in [5.41, 5.74) is -1.93. The van der Waals surface area contributed by atoms with E-state index in [1.54, 1.807) is 24.3 Å². The van der Waals surface area contributed by atoms with Crippen LogP contribution in [-0.4, -0.2) is 50.8 Å². The number of aromatic hydroxyl groups is 3. The predicted octanol–water partition coefficient (Wildman–Crippen LogP) is 1.67. The van der Waals surface area contributed by atoms with E-state index >= 15 is 0 Å². The van der Waals surface area contributed by atoms with Gasteiger partial charge < -0.3 is 29.9 Å². The molecule has 0 spiro atoms. The minimum Gasteiger partial charge on any atom is -0.504 e. The fourth-order valence-corrected chi connectivity index (χ4v) is 2.94. The van der Waals surface area contributed by atoms with Crippen LogP contribution in [0.1, 0.15) is 17.5 Å². The zero-order chi connectivity index (χ0) is 20.6. The predicted molar refractivity (Wildman–Crippen MR) is 96.1 cm³/mol. The van der Waals surface area contributed by atoms with E-state index in [1.165, 1.54) is 13.2 Å². The Labute approximate surface area is 159 Å². The first-order valence-corrected chi connectivity index (χ1v) is 8.17. The molecule has 0 saturated heterocycles. The van der Waals surface area contributed by atoms with Crippen molar-refractivity contribution in [3.8, 4) is 28.7 Å². The molecule has 0 aromatic heterocycles. The zero-order valence-electron chi connectivity index (χ0n) is 15.1. The van der Waals surface area contributed by atoms with Gasteiger partial charge in [0.25, 0.3) is 0 Å². The quantitative estimate of drug-likeness (QED) is 0.302. The summed E-state index contributed by atoms with van der Waals surface area (Å²) in [5.74, 6) is -2.66. The Morgan fingerprint density at radius 3 is 2.39 bits per heavy atom. The van der Waals surface area contributed by atoms with Crippen molar-refractivity contribution in [1.29, 1.82) is 0 Å². The molecule has 28 heavy (non-hydrogen) atoms. The minimum atomic E-state index is -2.13. The summed E-state index contributed by atoms with van der Waals surface area (Å²) in [7, 11) is 2.60. The Morgan fingerprint density at radius 1 is 1.18 bits per heavy atom. The van der Waals surface area contributed by atoms with Crippen molar-refractivity contribution >= 4 is 11.7 Å². The molecule has 2 aromatic rings. The molecule has 0 aliphatic carbocycles. The molecule has 0 fully saturated rings. The molecule has 2 aromatic carbocycles. The number of nitrogens with zero attached hydrogens (tertiary/aromatic N) is 1. The van der Waals surface area contributed by atoms with Gasteiger partial charge in [0, 0.05) is 18.7 Å². The molecule has 9 heteroatoms. The molecule has 1 aliphatic heterocycles. The largest absolute Gasteiger partial charge is 0.504 e. The maximum absolute atomic E-state index is 12.1. The van der Waals surface area contributed by atoms with Gasteiger partial charge in [-0.2, -0.15) is 0 Å². The number of benzene rings is 2. The van der Waals surface area contributed by atoms with Gasteiger partial charge in [-0.3, -0.25) is 10.0 Å². The lowest BCUT2D eigenvalue weighted by molar-refractivity contribution is -0.163. The van der Waals surface area contributed by atoms with Gasteiger partial charge in [-0.15, -0.1) is 0 Å². The molecule has 0 bridgehead atoms. The maximum atomic E-state index is 12.1. The van der Waals surface area contributed by atoms with Crippen LogP contribution in [0.4, 0.5) is 0 Å². The number of phenols is 3. The van der Waals surface area contributed by atoms with Crippen LogP contribution in [0.5, 0.6) is 28.7 Å². The van der Waals surface area contributed by atoms with Crippen molar-refractivity contribution in [2.45, 2.75) is 12.0 Å².